The fourth-order valence-electron chi connectivity index (χ4n) is 7.89. The van der Waals surface area contributed by atoms with Crippen LogP contribution in [0.15, 0.2) is 65.9 Å². The van der Waals surface area contributed by atoms with E-state index in [2.05, 4.69) is 25.6 Å². The molecule has 2 N–H and O–H groups in total. The second-order valence-electron chi connectivity index (χ2n) is 12.7. The third-order valence-corrected chi connectivity index (χ3v) is 11.1. The molecule has 1 fully saturated rings. The minimum Gasteiger partial charge on any atom is -0.496 e. The Morgan fingerprint density at radius 1 is 1.06 bits per heavy atom. The lowest BCUT2D eigenvalue weighted by molar-refractivity contribution is -0.223. The number of hydrogen-bond acceptors (Lipinski definition) is 10. The number of benzene rings is 2. The Kier molecular flexibility index (Phi) is 13.2. The Morgan fingerprint density at radius 2 is 1.82 bits per heavy atom. The largest absolute Gasteiger partial charge is 0.496 e. The molecule has 1 heterocycles. The molecule has 1 aliphatic heterocycles. The van der Waals surface area contributed by atoms with E-state index >= 15 is 0 Å². The fraction of sp³-hybridized carbons (Fsp3) is 0.538. The summed E-state index contributed by atoms with van der Waals surface area (Å²) in [5.74, 6) is 2.48. The van der Waals surface area contributed by atoms with Gasteiger partial charge in [-0.2, -0.15) is 11.8 Å². The van der Waals surface area contributed by atoms with Gasteiger partial charge in [0.15, 0.2) is 6.29 Å². The number of ether oxygens (including phenoxy) is 4. The van der Waals surface area contributed by atoms with Crippen molar-refractivity contribution in [3.05, 3.63) is 71.8 Å². The number of oxime groups is 1. The van der Waals surface area contributed by atoms with Gasteiger partial charge >= 0.3 is 0 Å². The van der Waals surface area contributed by atoms with Crippen LogP contribution in [0.4, 0.5) is 0 Å². The summed E-state index contributed by atoms with van der Waals surface area (Å²) in [4.78, 5) is 17.5. The van der Waals surface area contributed by atoms with Crippen molar-refractivity contribution in [2.45, 2.75) is 75.7 Å². The smallest absolute Gasteiger partial charge is 0.230 e. The Labute approximate surface area is 294 Å². The van der Waals surface area contributed by atoms with Gasteiger partial charge in [-0.3, -0.25) is 4.79 Å². The normalized spacial score (nSPS) is 26.2. The quantitative estimate of drug-likeness (QED) is 0.0661. The van der Waals surface area contributed by atoms with Gasteiger partial charge in [0.2, 0.25) is 5.79 Å². The number of nitrogens with zero attached hydrogens (tertiary/aromatic N) is 1. The fourth-order valence-corrected chi connectivity index (χ4v) is 9.06. The summed E-state index contributed by atoms with van der Waals surface area (Å²) in [6.45, 7) is 9.18. The average Bonchev–Trinajstić information content (AvgIpc) is 3.12. The molecule has 0 aromatic heterocycles. The summed E-state index contributed by atoms with van der Waals surface area (Å²) >= 11 is 1.82. The minimum atomic E-state index is -0.980. The average molecular weight is 694 g/mol. The number of thioether (sulfide) groups is 1. The molecule has 3 aliphatic rings. The van der Waals surface area contributed by atoms with Crippen LogP contribution in [0.5, 0.6) is 23.0 Å². The predicted octanol–water partition coefficient (Wildman–Crippen LogP) is 7.71. The third kappa shape index (κ3) is 7.88. The molecule has 0 radical (unpaired) electrons. The summed E-state index contributed by atoms with van der Waals surface area (Å²) < 4.78 is 25.7. The second-order valence-corrected chi connectivity index (χ2v) is 14.2. The maximum Gasteiger partial charge on any atom is 0.230 e. The van der Waals surface area contributed by atoms with Crippen molar-refractivity contribution < 1.29 is 38.8 Å². The lowest BCUT2D eigenvalue weighted by Crippen LogP contribution is -2.64. The molecule has 0 saturated heterocycles. The highest BCUT2D eigenvalue weighted by atomic mass is 32.2. The number of fused-ring (bicyclic) bond motifs is 2. The molecule has 9 nitrogen and oxygen atoms in total. The van der Waals surface area contributed by atoms with Crippen molar-refractivity contribution in [2.75, 3.05) is 39.3 Å². The number of aldehydes is 1. The third-order valence-electron chi connectivity index (χ3n) is 9.86. The maximum atomic E-state index is 11.7. The molecule has 1 saturated carbocycles. The van der Waals surface area contributed by atoms with E-state index in [4.69, 9.17) is 28.9 Å². The SMILES string of the molecule is C=CCO[C@@]12Oc3ccc(Oc4ccc(OC)c(C=O)c4)cc3[C@H]3[C@H](CCCCO)[C@@H](CCCCO)C=C(C(=NOCC)C[C@@H]1SCC)[C@H]32. The van der Waals surface area contributed by atoms with Crippen molar-refractivity contribution in [1.82, 2.24) is 0 Å². The van der Waals surface area contributed by atoms with E-state index in [1.807, 2.05) is 30.8 Å². The zero-order valence-corrected chi connectivity index (χ0v) is 29.8. The van der Waals surface area contributed by atoms with Crippen LogP contribution in [-0.4, -0.2) is 72.5 Å². The summed E-state index contributed by atoms with van der Waals surface area (Å²) in [5, 5.41) is 24.1. The number of aliphatic hydroxyl groups is 2. The van der Waals surface area contributed by atoms with Crippen LogP contribution < -0.4 is 14.2 Å². The number of aliphatic hydroxyl groups excluding tert-OH is 2. The Balaban J connectivity index is 1.70. The molecule has 0 spiro atoms. The topological polar surface area (TPSA) is 116 Å². The molecule has 0 unspecified atom stereocenters. The lowest BCUT2D eigenvalue weighted by atomic mass is 9.56. The van der Waals surface area contributed by atoms with Gasteiger partial charge in [-0.15, -0.1) is 6.58 Å². The first kappa shape index (κ1) is 37.0. The van der Waals surface area contributed by atoms with Crippen LogP contribution in [0, 0.1) is 17.8 Å². The van der Waals surface area contributed by atoms with Gasteiger partial charge in [-0.1, -0.05) is 37.1 Å². The van der Waals surface area contributed by atoms with Gasteiger partial charge in [0.05, 0.1) is 36.2 Å². The first-order valence-electron chi connectivity index (χ1n) is 17.6. The molecule has 10 heteroatoms. The second kappa shape index (κ2) is 17.6. The highest BCUT2D eigenvalue weighted by Gasteiger charge is 2.63. The van der Waals surface area contributed by atoms with E-state index < -0.39 is 5.79 Å². The van der Waals surface area contributed by atoms with E-state index in [-0.39, 0.29) is 42.1 Å². The Hall–Kier alpha value is -3.31. The first-order chi connectivity index (χ1) is 24.0. The van der Waals surface area contributed by atoms with E-state index in [1.165, 1.54) is 7.11 Å². The van der Waals surface area contributed by atoms with Crippen LogP contribution in [-0.2, 0) is 9.57 Å². The molecule has 6 atom stereocenters. The lowest BCUT2D eigenvalue weighted by Gasteiger charge is -2.58. The number of unbranched alkanes of at least 4 members (excludes halogenated alkanes) is 2. The van der Waals surface area contributed by atoms with Crippen molar-refractivity contribution >= 4 is 23.8 Å². The molecule has 49 heavy (non-hydrogen) atoms. The zero-order valence-electron chi connectivity index (χ0n) is 29.0. The summed E-state index contributed by atoms with van der Waals surface area (Å²) in [5.41, 5.74) is 3.48. The minimum absolute atomic E-state index is 0.0246. The van der Waals surface area contributed by atoms with Crippen LogP contribution in [0.1, 0.15) is 80.6 Å². The number of rotatable bonds is 19. The first-order valence-corrected chi connectivity index (χ1v) is 18.7. The van der Waals surface area contributed by atoms with Crippen molar-refractivity contribution in [3.63, 3.8) is 0 Å². The van der Waals surface area contributed by atoms with Gasteiger partial charge in [-0.25, -0.2) is 0 Å². The van der Waals surface area contributed by atoms with Crippen LogP contribution in [0.2, 0.25) is 0 Å². The highest BCUT2D eigenvalue weighted by molar-refractivity contribution is 8.00. The van der Waals surface area contributed by atoms with Gasteiger partial charge in [0, 0.05) is 31.1 Å². The number of carbonyl (C=O) groups excluding carboxylic acids is 1. The Morgan fingerprint density at radius 3 is 2.51 bits per heavy atom. The molecule has 2 aromatic carbocycles. The van der Waals surface area contributed by atoms with Crippen LogP contribution in [0.25, 0.3) is 0 Å². The standard InChI is InChI=1S/C39H51NO8S/c1-5-20-45-39-36(49-7-3)24-33(40-46-6-2)31-22-26(12-8-10-18-41)30(13-9-11-19-42)37(38(31)39)32-23-29(15-17-35(32)48-39)47-28-14-16-34(44-4)27(21-28)25-43/h5,14-17,21-23,25-26,30,36-38,41-42H,1,6-13,18-20,24H2,2-4H3/t26-,30+,36-,37+,38+,39+/m0/s1. The van der Waals surface area contributed by atoms with Crippen molar-refractivity contribution in [1.29, 1.82) is 0 Å². The predicted molar refractivity (Wildman–Crippen MR) is 193 cm³/mol. The van der Waals surface area contributed by atoms with E-state index in [1.54, 1.807) is 24.3 Å². The Bertz CT molecular complexity index is 1490. The molecular formula is C39H51NO8S. The van der Waals surface area contributed by atoms with Crippen LogP contribution >= 0.6 is 11.8 Å². The zero-order chi connectivity index (χ0) is 34.8. The molecule has 2 aromatic rings. The van der Waals surface area contributed by atoms with Gasteiger partial charge in [0.1, 0.15) is 29.6 Å². The summed E-state index contributed by atoms with van der Waals surface area (Å²) in [7, 11) is 1.53. The molecular weight excluding hydrogens is 642 g/mol. The van der Waals surface area contributed by atoms with Crippen LogP contribution in [0.3, 0.4) is 0 Å². The summed E-state index contributed by atoms with van der Waals surface area (Å²) in [6.07, 6.45) is 10.6. The van der Waals surface area contributed by atoms with Crippen molar-refractivity contribution in [3.8, 4) is 23.0 Å². The van der Waals surface area contributed by atoms with Crippen molar-refractivity contribution in [2.24, 2.45) is 22.9 Å². The number of methoxy groups -OCH3 is 1. The number of carbonyl (C=O) groups is 1. The van der Waals surface area contributed by atoms with E-state index in [9.17, 15) is 15.0 Å². The number of hydrogen-bond donors (Lipinski definition) is 2. The van der Waals surface area contributed by atoms with Gasteiger partial charge in [-0.05, 0) is 92.2 Å². The maximum absolute atomic E-state index is 11.7. The monoisotopic (exact) mass is 693 g/mol. The highest BCUT2D eigenvalue weighted by Crippen LogP contribution is 2.62. The molecule has 0 bridgehead atoms. The van der Waals surface area contributed by atoms with E-state index in [0.29, 0.717) is 42.4 Å². The molecule has 266 valence electrons. The molecule has 5 rings (SSSR count). The molecule has 2 aliphatic carbocycles. The molecule has 0 amide bonds. The van der Waals surface area contributed by atoms with Gasteiger partial charge in [0.25, 0.3) is 0 Å². The number of allylic oxidation sites excluding steroid dienone is 1. The van der Waals surface area contributed by atoms with Gasteiger partial charge < -0.3 is 34.0 Å². The summed E-state index contributed by atoms with van der Waals surface area (Å²) in [6, 6.07) is 11.1. The van der Waals surface area contributed by atoms with E-state index in [0.717, 1.165) is 73.2 Å².